The number of benzene rings is 4. The molecule has 0 bridgehead atoms. The molecule has 2 amide bonds. The fraction of sp³-hybridized carbons (Fsp3) is 0.279. The topological polar surface area (TPSA) is 147 Å². The number of thioether (sulfide) groups is 1. The molecule has 2 fully saturated rings. The molecule has 12 nitrogen and oxygen atoms in total. The van der Waals surface area contributed by atoms with Gasteiger partial charge in [0.05, 0.1) is 51.7 Å². The van der Waals surface area contributed by atoms with Crippen molar-refractivity contribution in [2.45, 2.75) is 57.9 Å². The Morgan fingerprint density at radius 1 is 0.875 bits per heavy atom. The van der Waals surface area contributed by atoms with Crippen molar-refractivity contribution in [3.8, 4) is 22.5 Å². The van der Waals surface area contributed by atoms with Crippen molar-refractivity contribution in [2.24, 2.45) is 0 Å². The summed E-state index contributed by atoms with van der Waals surface area (Å²) in [5.74, 6) is 2.58. The normalized spacial score (nSPS) is 17.3. The molecule has 2 aliphatic heterocycles. The van der Waals surface area contributed by atoms with E-state index < -0.39 is 5.60 Å². The number of imidazole rings is 2. The third kappa shape index (κ3) is 6.87. The molecule has 0 unspecified atom stereocenters. The number of H-pyrrole nitrogens is 2. The van der Waals surface area contributed by atoms with Gasteiger partial charge in [-0.1, -0.05) is 42.5 Å². The molecular formula is C43H40N6O6S. The molecule has 0 aliphatic carbocycles. The van der Waals surface area contributed by atoms with E-state index in [1.165, 1.54) is 0 Å². The second kappa shape index (κ2) is 14.2. The van der Waals surface area contributed by atoms with Crippen molar-refractivity contribution in [1.82, 2.24) is 29.7 Å². The summed E-state index contributed by atoms with van der Waals surface area (Å²) in [5.41, 5.74) is 6.16. The van der Waals surface area contributed by atoms with E-state index in [9.17, 15) is 14.4 Å². The van der Waals surface area contributed by atoms with Gasteiger partial charge in [0.15, 0.2) is 0 Å². The molecule has 2 saturated heterocycles. The minimum absolute atomic E-state index is 0.137. The number of amides is 2. The number of carbonyl (C=O) groups is 2. The number of ether oxygens (including phenoxy) is 2. The van der Waals surface area contributed by atoms with Gasteiger partial charge in [-0.15, -0.1) is 11.8 Å². The number of aromatic amines is 2. The molecule has 0 radical (unpaired) electrons. The Balaban J connectivity index is 0.944. The first-order valence-corrected chi connectivity index (χ1v) is 19.8. The maximum absolute atomic E-state index is 13.9. The fourth-order valence-electron chi connectivity index (χ4n) is 7.47. The molecule has 2 aliphatic rings. The number of nitrogens with zero attached hydrogens (tertiary/aromatic N) is 4. The van der Waals surface area contributed by atoms with E-state index in [1.54, 1.807) is 46.0 Å². The Kier molecular flexibility index (Phi) is 9.03. The zero-order chi connectivity index (χ0) is 38.6. The quantitative estimate of drug-likeness (QED) is 0.158. The lowest BCUT2D eigenvalue weighted by molar-refractivity contribution is 0.0235. The van der Waals surface area contributed by atoms with Crippen molar-refractivity contribution in [1.29, 1.82) is 0 Å². The van der Waals surface area contributed by atoms with Gasteiger partial charge in [0.25, 0.3) is 0 Å². The van der Waals surface area contributed by atoms with Crippen LogP contribution in [0.5, 0.6) is 0 Å². The van der Waals surface area contributed by atoms with Crippen LogP contribution in [-0.2, 0) is 16.1 Å². The average molecular weight is 769 g/mol. The summed E-state index contributed by atoms with van der Waals surface area (Å²) in [6.07, 6.45) is 2.70. The molecular weight excluding hydrogens is 729 g/mol. The lowest BCUT2D eigenvalue weighted by atomic mass is 10.0. The van der Waals surface area contributed by atoms with Crippen LogP contribution in [0.3, 0.4) is 0 Å². The molecule has 5 heterocycles. The highest BCUT2D eigenvalue weighted by atomic mass is 32.2. The van der Waals surface area contributed by atoms with Gasteiger partial charge >= 0.3 is 12.2 Å². The van der Waals surface area contributed by atoms with Gasteiger partial charge < -0.3 is 23.9 Å². The van der Waals surface area contributed by atoms with E-state index in [-0.39, 0.29) is 36.3 Å². The maximum atomic E-state index is 13.9. The first-order valence-electron chi connectivity index (χ1n) is 18.7. The number of likely N-dealkylation sites (tertiary alicyclic amines) is 1. The Bertz CT molecular complexity index is 2680. The van der Waals surface area contributed by atoms with Crippen LogP contribution in [0.1, 0.15) is 62.8 Å². The SMILES string of the molecule is CC(C)(C)OC(=O)N1CSC[C@H]1c1cnc(-c2ccc3oc4cc(-c5ccc6nc([C@@H]7CCCN7C(=O)OCc7ccccc7)[nH]c6c5)ccc4c(=O)c3c2)[nH]1. The Morgan fingerprint density at radius 2 is 1.68 bits per heavy atom. The smallest absolute Gasteiger partial charge is 0.411 e. The van der Waals surface area contributed by atoms with Gasteiger partial charge in [0, 0.05) is 17.9 Å². The summed E-state index contributed by atoms with van der Waals surface area (Å²) in [6, 6.07) is 26.3. The molecule has 0 spiro atoms. The number of nitrogens with one attached hydrogen (secondary N) is 2. The minimum Gasteiger partial charge on any atom is -0.456 e. The van der Waals surface area contributed by atoms with E-state index in [0.717, 1.165) is 63.4 Å². The standard InChI is InChI=1S/C43H40N6O6S/c1-43(2,3)55-42(52)49-24-56-23-35(49)33-21-44-39(47-33)28-13-16-36-30(18-28)38(50)29-14-11-27(20-37(29)54-36)26-12-15-31-32(19-26)46-40(45-31)34-10-7-17-48(34)41(51)53-22-25-8-5-4-6-9-25/h4-6,8-9,11-16,18-21,34-35H,7,10,17,22-24H2,1-3H3,(H,44,47)(H,45,46)/t34-,35-/m0/s1. The van der Waals surface area contributed by atoms with Crippen molar-refractivity contribution < 1.29 is 23.5 Å². The van der Waals surface area contributed by atoms with Crippen LogP contribution >= 0.6 is 11.8 Å². The number of hydrogen-bond donors (Lipinski definition) is 2. The van der Waals surface area contributed by atoms with Gasteiger partial charge in [-0.3, -0.25) is 14.6 Å². The average Bonchev–Trinajstić information content (AvgIpc) is 4.02. The molecule has 284 valence electrons. The summed E-state index contributed by atoms with van der Waals surface area (Å²) in [5, 5.41) is 0.920. The van der Waals surface area contributed by atoms with Crippen LogP contribution in [-0.4, -0.2) is 65.7 Å². The fourth-order valence-corrected chi connectivity index (χ4v) is 8.64. The summed E-state index contributed by atoms with van der Waals surface area (Å²) < 4.78 is 17.6. The van der Waals surface area contributed by atoms with E-state index in [1.807, 2.05) is 87.5 Å². The van der Waals surface area contributed by atoms with Crippen LogP contribution in [0.25, 0.3) is 55.5 Å². The summed E-state index contributed by atoms with van der Waals surface area (Å²) in [7, 11) is 0. The first kappa shape index (κ1) is 35.6. The maximum Gasteiger partial charge on any atom is 0.411 e. The second-order valence-electron chi connectivity index (χ2n) is 15.3. The van der Waals surface area contributed by atoms with Crippen LogP contribution in [0, 0.1) is 0 Å². The van der Waals surface area contributed by atoms with E-state index >= 15 is 0 Å². The van der Waals surface area contributed by atoms with E-state index in [0.29, 0.717) is 40.2 Å². The predicted molar refractivity (Wildman–Crippen MR) is 216 cm³/mol. The highest BCUT2D eigenvalue weighted by Crippen LogP contribution is 2.36. The molecule has 13 heteroatoms. The number of rotatable bonds is 6. The summed E-state index contributed by atoms with van der Waals surface area (Å²) >= 11 is 1.66. The van der Waals surface area contributed by atoms with Gasteiger partial charge in [0.2, 0.25) is 5.43 Å². The molecule has 2 atom stereocenters. The Morgan fingerprint density at radius 3 is 2.52 bits per heavy atom. The molecule has 4 aromatic carbocycles. The highest BCUT2D eigenvalue weighted by Gasteiger charge is 2.35. The predicted octanol–water partition coefficient (Wildman–Crippen LogP) is 9.34. The summed E-state index contributed by atoms with van der Waals surface area (Å²) in [4.78, 5) is 59.6. The van der Waals surface area contributed by atoms with Crippen LogP contribution in [0.4, 0.5) is 9.59 Å². The third-order valence-electron chi connectivity index (χ3n) is 10.3. The zero-order valence-corrected chi connectivity index (χ0v) is 32.0. The van der Waals surface area contributed by atoms with E-state index in [2.05, 4.69) is 15.0 Å². The van der Waals surface area contributed by atoms with Gasteiger partial charge in [-0.2, -0.15) is 0 Å². The Labute approximate surface area is 326 Å². The van der Waals surface area contributed by atoms with Crippen LogP contribution in [0.2, 0.25) is 0 Å². The van der Waals surface area contributed by atoms with Gasteiger partial charge in [0.1, 0.15) is 35.0 Å². The van der Waals surface area contributed by atoms with Crippen molar-refractivity contribution in [3.63, 3.8) is 0 Å². The lowest BCUT2D eigenvalue weighted by Gasteiger charge is -2.27. The van der Waals surface area contributed by atoms with Crippen LogP contribution < -0.4 is 5.43 Å². The second-order valence-corrected chi connectivity index (χ2v) is 16.3. The number of carbonyl (C=O) groups excluding carboxylic acids is 2. The third-order valence-corrected chi connectivity index (χ3v) is 11.3. The number of hydrogen-bond acceptors (Lipinski definition) is 9. The van der Waals surface area contributed by atoms with Gasteiger partial charge in [-0.25, -0.2) is 19.6 Å². The lowest BCUT2D eigenvalue weighted by Crippen LogP contribution is -2.36. The van der Waals surface area contributed by atoms with E-state index in [4.69, 9.17) is 18.9 Å². The number of fused-ring (bicyclic) bond motifs is 3. The van der Waals surface area contributed by atoms with Crippen molar-refractivity contribution >= 4 is 56.9 Å². The Hall–Kier alpha value is -6.08. The number of aromatic nitrogens is 4. The summed E-state index contributed by atoms with van der Waals surface area (Å²) in [6.45, 7) is 6.40. The minimum atomic E-state index is -0.590. The van der Waals surface area contributed by atoms with Crippen LogP contribution in [0.15, 0.2) is 100 Å². The molecule has 3 aromatic heterocycles. The first-order chi connectivity index (χ1) is 27.1. The zero-order valence-electron chi connectivity index (χ0n) is 31.2. The molecule has 7 aromatic rings. The van der Waals surface area contributed by atoms with Gasteiger partial charge in [-0.05, 0) is 92.8 Å². The van der Waals surface area contributed by atoms with Crippen molar-refractivity contribution in [2.75, 3.05) is 18.2 Å². The molecule has 0 saturated carbocycles. The molecule has 9 rings (SSSR count). The molecule has 56 heavy (non-hydrogen) atoms. The molecule has 2 N–H and O–H groups in total. The monoisotopic (exact) mass is 768 g/mol. The highest BCUT2D eigenvalue weighted by molar-refractivity contribution is 7.99. The largest absolute Gasteiger partial charge is 0.456 e. The van der Waals surface area contributed by atoms with Crippen molar-refractivity contribution in [3.05, 3.63) is 118 Å².